The van der Waals surface area contributed by atoms with E-state index in [4.69, 9.17) is 4.74 Å². The molecule has 0 spiro atoms. The molecule has 0 aliphatic heterocycles. The van der Waals surface area contributed by atoms with Crippen molar-refractivity contribution in [2.45, 2.75) is 13.8 Å². The topological polar surface area (TPSA) is 31.2 Å². The second kappa shape index (κ2) is 3.01. The van der Waals surface area contributed by atoms with Crippen LogP contribution in [0.15, 0.2) is 10.9 Å². The monoisotopic (exact) mass is 167 g/mol. The lowest BCUT2D eigenvalue weighted by atomic mass is 10.2. The molecular weight excluding hydrogens is 154 g/mol. The SMILES string of the molecule is COc1cc(C)c(C)n(C)c1=O. The molecule has 66 valence electrons. The van der Waals surface area contributed by atoms with Gasteiger partial charge in [-0.15, -0.1) is 0 Å². The number of aromatic nitrogens is 1. The van der Waals surface area contributed by atoms with Crippen molar-refractivity contribution in [1.29, 1.82) is 0 Å². The van der Waals surface area contributed by atoms with Crippen molar-refractivity contribution in [1.82, 2.24) is 4.57 Å². The van der Waals surface area contributed by atoms with E-state index in [1.54, 1.807) is 17.7 Å². The molecule has 1 heterocycles. The smallest absolute Gasteiger partial charge is 0.292 e. The van der Waals surface area contributed by atoms with Crippen molar-refractivity contribution in [3.63, 3.8) is 0 Å². The Morgan fingerprint density at radius 2 is 2.00 bits per heavy atom. The Hall–Kier alpha value is -1.25. The lowest BCUT2D eigenvalue weighted by Gasteiger charge is -2.08. The molecule has 0 atom stereocenters. The van der Waals surface area contributed by atoms with Gasteiger partial charge in [0.05, 0.1) is 7.11 Å². The molecule has 0 N–H and O–H groups in total. The first kappa shape index (κ1) is 8.84. The maximum Gasteiger partial charge on any atom is 0.292 e. The number of methoxy groups -OCH3 is 1. The van der Waals surface area contributed by atoms with Gasteiger partial charge in [0.2, 0.25) is 0 Å². The molecule has 3 nitrogen and oxygen atoms in total. The number of rotatable bonds is 1. The fraction of sp³-hybridized carbons (Fsp3) is 0.444. The van der Waals surface area contributed by atoms with E-state index >= 15 is 0 Å². The van der Waals surface area contributed by atoms with Crippen LogP contribution < -0.4 is 10.3 Å². The minimum absolute atomic E-state index is 0.0828. The van der Waals surface area contributed by atoms with Gasteiger partial charge in [0.15, 0.2) is 5.75 Å². The Labute approximate surface area is 71.6 Å². The zero-order valence-corrected chi connectivity index (χ0v) is 7.84. The molecule has 0 fully saturated rings. The highest BCUT2D eigenvalue weighted by molar-refractivity contribution is 5.28. The minimum Gasteiger partial charge on any atom is -0.491 e. The number of nitrogens with zero attached hydrogens (tertiary/aromatic N) is 1. The van der Waals surface area contributed by atoms with Crippen LogP contribution in [0.5, 0.6) is 5.75 Å². The van der Waals surface area contributed by atoms with Crippen molar-refractivity contribution in [3.8, 4) is 5.75 Å². The van der Waals surface area contributed by atoms with Crippen LogP contribution in [0.25, 0.3) is 0 Å². The molecule has 0 amide bonds. The van der Waals surface area contributed by atoms with Gasteiger partial charge in [-0.1, -0.05) is 0 Å². The van der Waals surface area contributed by atoms with E-state index in [0.717, 1.165) is 11.3 Å². The standard InChI is InChI=1S/C9H13NO2/c1-6-5-8(12-4)9(11)10(3)7(6)2/h5H,1-4H3. The van der Waals surface area contributed by atoms with Crippen LogP contribution in [0.2, 0.25) is 0 Å². The summed E-state index contributed by atoms with van der Waals surface area (Å²) in [7, 11) is 3.25. The minimum atomic E-state index is -0.0828. The highest BCUT2D eigenvalue weighted by Crippen LogP contribution is 2.09. The predicted molar refractivity (Wildman–Crippen MR) is 47.7 cm³/mol. The summed E-state index contributed by atoms with van der Waals surface area (Å²) in [4.78, 5) is 11.4. The summed E-state index contributed by atoms with van der Waals surface area (Å²) in [5, 5.41) is 0. The molecule has 1 rings (SSSR count). The van der Waals surface area contributed by atoms with E-state index in [0.29, 0.717) is 5.75 Å². The molecule has 0 aliphatic carbocycles. The van der Waals surface area contributed by atoms with Gasteiger partial charge in [0.1, 0.15) is 0 Å². The highest BCUT2D eigenvalue weighted by Gasteiger charge is 2.05. The lowest BCUT2D eigenvalue weighted by molar-refractivity contribution is 0.403. The van der Waals surface area contributed by atoms with Crippen LogP contribution in [0.4, 0.5) is 0 Å². The summed E-state index contributed by atoms with van der Waals surface area (Å²) in [6.07, 6.45) is 0. The molecule has 0 unspecified atom stereocenters. The molecule has 1 aromatic rings. The zero-order valence-electron chi connectivity index (χ0n) is 7.84. The average Bonchev–Trinajstić information content (AvgIpc) is 2.08. The Bertz CT molecular complexity index is 352. The summed E-state index contributed by atoms with van der Waals surface area (Å²) in [6, 6.07) is 1.76. The molecule has 0 aromatic carbocycles. The second-order valence-electron chi connectivity index (χ2n) is 2.85. The summed E-state index contributed by atoms with van der Waals surface area (Å²) >= 11 is 0. The molecule has 0 saturated carbocycles. The van der Waals surface area contributed by atoms with Gasteiger partial charge in [-0.2, -0.15) is 0 Å². The van der Waals surface area contributed by atoms with Crippen molar-refractivity contribution in [3.05, 3.63) is 27.7 Å². The van der Waals surface area contributed by atoms with Gasteiger partial charge < -0.3 is 9.30 Å². The largest absolute Gasteiger partial charge is 0.491 e. The Balaban J connectivity index is 3.50. The normalized spacial score (nSPS) is 10.0. The molecule has 0 saturated heterocycles. The highest BCUT2D eigenvalue weighted by atomic mass is 16.5. The van der Waals surface area contributed by atoms with Crippen LogP contribution in [-0.2, 0) is 7.05 Å². The first-order valence-electron chi connectivity index (χ1n) is 3.79. The van der Waals surface area contributed by atoms with Gasteiger partial charge in [-0.05, 0) is 25.5 Å². The van der Waals surface area contributed by atoms with Crippen LogP contribution in [-0.4, -0.2) is 11.7 Å². The van der Waals surface area contributed by atoms with Crippen LogP contribution in [0.1, 0.15) is 11.3 Å². The molecule has 3 heteroatoms. The van der Waals surface area contributed by atoms with E-state index in [2.05, 4.69) is 0 Å². The summed E-state index contributed by atoms with van der Waals surface area (Å²) < 4.78 is 6.52. The molecular formula is C9H13NO2. The van der Waals surface area contributed by atoms with Crippen molar-refractivity contribution in [2.24, 2.45) is 7.05 Å². The van der Waals surface area contributed by atoms with E-state index in [1.165, 1.54) is 7.11 Å². The summed E-state index contributed by atoms with van der Waals surface area (Å²) in [5.74, 6) is 0.403. The van der Waals surface area contributed by atoms with Gasteiger partial charge in [0.25, 0.3) is 5.56 Å². The Morgan fingerprint density at radius 1 is 1.42 bits per heavy atom. The van der Waals surface area contributed by atoms with Gasteiger partial charge in [0, 0.05) is 12.7 Å². The third kappa shape index (κ3) is 1.22. The van der Waals surface area contributed by atoms with Gasteiger partial charge in [-0.3, -0.25) is 4.79 Å². The number of hydrogen-bond donors (Lipinski definition) is 0. The molecule has 1 aromatic heterocycles. The van der Waals surface area contributed by atoms with Crippen LogP contribution in [0, 0.1) is 13.8 Å². The van der Waals surface area contributed by atoms with Gasteiger partial charge >= 0.3 is 0 Å². The van der Waals surface area contributed by atoms with Crippen molar-refractivity contribution >= 4 is 0 Å². The van der Waals surface area contributed by atoms with E-state index in [9.17, 15) is 4.79 Å². The Kier molecular flexibility index (Phi) is 2.22. The van der Waals surface area contributed by atoms with E-state index in [-0.39, 0.29) is 5.56 Å². The zero-order chi connectivity index (χ0) is 9.30. The fourth-order valence-electron chi connectivity index (χ4n) is 1.09. The van der Waals surface area contributed by atoms with E-state index < -0.39 is 0 Å². The summed E-state index contributed by atoms with van der Waals surface area (Å²) in [6.45, 7) is 3.87. The van der Waals surface area contributed by atoms with Gasteiger partial charge in [-0.25, -0.2) is 0 Å². The number of ether oxygens (including phenoxy) is 1. The molecule has 0 aliphatic rings. The fourth-order valence-corrected chi connectivity index (χ4v) is 1.09. The summed E-state index contributed by atoms with van der Waals surface area (Å²) in [5.41, 5.74) is 1.95. The third-order valence-corrected chi connectivity index (χ3v) is 2.16. The lowest BCUT2D eigenvalue weighted by Crippen LogP contribution is -2.21. The quantitative estimate of drug-likeness (QED) is 0.625. The second-order valence-corrected chi connectivity index (χ2v) is 2.85. The van der Waals surface area contributed by atoms with Crippen molar-refractivity contribution in [2.75, 3.05) is 7.11 Å². The average molecular weight is 167 g/mol. The van der Waals surface area contributed by atoms with E-state index in [1.807, 2.05) is 13.8 Å². The molecule has 0 radical (unpaired) electrons. The maximum atomic E-state index is 11.4. The van der Waals surface area contributed by atoms with Crippen molar-refractivity contribution < 1.29 is 4.74 Å². The third-order valence-electron chi connectivity index (χ3n) is 2.16. The molecule has 12 heavy (non-hydrogen) atoms. The molecule has 0 bridgehead atoms. The Morgan fingerprint density at radius 3 is 2.50 bits per heavy atom. The predicted octanol–water partition coefficient (Wildman–Crippen LogP) is 1.01. The first-order chi connectivity index (χ1) is 5.57. The maximum absolute atomic E-state index is 11.4. The van der Waals surface area contributed by atoms with Crippen LogP contribution in [0.3, 0.4) is 0 Å². The number of pyridine rings is 1. The first-order valence-corrected chi connectivity index (χ1v) is 3.79. The number of aryl methyl sites for hydroxylation is 1. The van der Waals surface area contributed by atoms with Crippen LogP contribution >= 0.6 is 0 Å². The number of hydrogen-bond acceptors (Lipinski definition) is 2.